The van der Waals surface area contributed by atoms with Gasteiger partial charge in [0, 0.05) is 0 Å². The summed E-state index contributed by atoms with van der Waals surface area (Å²) in [7, 11) is -8.01. The van der Waals surface area contributed by atoms with Gasteiger partial charge in [0.05, 0.1) is 0 Å². The first-order valence-electron chi connectivity index (χ1n) is 1.33. The molecule has 0 aliphatic carbocycles. The molecule has 0 radical (unpaired) electrons. The van der Waals surface area contributed by atoms with E-state index < -0.39 is 16.4 Å². The second-order valence-electron chi connectivity index (χ2n) is 0.737. The van der Waals surface area contributed by atoms with Crippen molar-refractivity contribution in [3.63, 3.8) is 0 Å². The summed E-state index contributed by atoms with van der Waals surface area (Å²) in [5.41, 5.74) is 0. The molecule has 0 saturated heterocycles. The third-order valence-corrected chi connectivity index (χ3v) is 0. The number of rotatable bonds is 0. The van der Waals surface area contributed by atoms with Gasteiger partial charge in [-0.15, -0.1) is 0 Å². The summed E-state index contributed by atoms with van der Waals surface area (Å²) in [5, 5.41) is 0. The van der Waals surface area contributed by atoms with Crippen LogP contribution in [0.15, 0.2) is 0 Å². The van der Waals surface area contributed by atoms with Crippen molar-refractivity contribution >= 4 is 16.4 Å². The Morgan fingerprint density at radius 2 is 0.917 bits per heavy atom. The van der Waals surface area contributed by atoms with Crippen molar-refractivity contribution < 1.29 is 123 Å². The van der Waals surface area contributed by atoms with E-state index in [1.54, 1.807) is 0 Å². The average Bonchev–Trinajstić information content (AvgIpc) is 1.19. The maximum absolute atomic E-state index is 8.88. The molecule has 0 aromatic heterocycles. The molecule has 3 N–H and O–H groups in total. The maximum Gasteiger partial charge on any atom is 1.00 e. The Labute approximate surface area is 137 Å². The van der Waals surface area contributed by atoms with Crippen LogP contribution in [0.4, 0.5) is 0 Å². The standard InChI is InChI=1S/3Na.H3O4P.O3P/c;;;1-5(2,3)4;1-4(2)3/h;;;(H3,1,2,3,4);/q3*+1;;-3. The van der Waals surface area contributed by atoms with Crippen LogP contribution < -0.4 is 103 Å². The number of hydrogen-bond acceptors (Lipinski definition) is 4. The molecular weight excluding hydrogens is 243 g/mol. The van der Waals surface area contributed by atoms with Gasteiger partial charge in [0.15, 0.2) is 0 Å². The van der Waals surface area contributed by atoms with Gasteiger partial charge in [-0.3, -0.25) is 0 Å². The summed E-state index contributed by atoms with van der Waals surface area (Å²) < 4.78 is 8.88. The predicted molar refractivity (Wildman–Crippen MR) is 21.2 cm³/mol. The molecule has 0 aromatic carbocycles. The molecule has 0 unspecified atom stereocenters. The molecule has 0 heterocycles. The van der Waals surface area contributed by atoms with Crippen molar-refractivity contribution in [2.45, 2.75) is 0 Å². The number of phosphoric acid groups is 1. The minimum Gasteiger partial charge on any atom is -0.854 e. The molecule has 0 aromatic rings. The van der Waals surface area contributed by atoms with E-state index in [0.29, 0.717) is 0 Å². The molecule has 0 saturated carbocycles. The van der Waals surface area contributed by atoms with E-state index in [0.717, 1.165) is 0 Å². The topological polar surface area (TPSA) is 147 Å². The molecule has 0 bridgehead atoms. The smallest absolute Gasteiger partial charge is 0.854 e. The van der Waals surface area contributed by atoms with E-state index in [-0.39, 0.29) is 88.7 Å². The Morgan fingerprint density at radius 1 is 0.917 bits per heavy atom. The van der Waals surface area contributed by atoms with Crippen LogP contribution in [0.5, 0.6) is 0 Å². The third kappa shape index (κ3) is 177. The first-order valence-corrected chi connectivity index (χ1v) is 3.99. The van der Waals surface area contributed by atoms with E-state index in [9.17, 15) is 0 Å². The molecule has 7 nitrogen and oxygen atoms in total. The molecule has 0 rings (SSSR count). The van der Waals surface area contributed by atoms with Crippen molar-refractivity contribution in [3.05, 3.63) is 0 Å². The van der Waals surface area contributed by atoms with E-state index in [4.69, 9.17) is 33.9 Å². The maximum atomic E-state index is 8.88. The summed E-state index contributed by atoms with van der Waals surface area (Å²) in [6, 6.07) is 0. The van der Waals surface area contributed by atoms with Gasteiger partial charge in [-0.05, 0) is 0 Å². The quantitative estimate of drug-likeness (QED) is 0.284. The second kappa shape index (κ2) is 16.8. The van der Waals surface area contributed by atoms with Gasteiger partial charge in [0.25, 0.3) is 0 Å². The second-order valence-corrected chi connectivity index (χ2v) is 2.21. The molecule has 0 aliphatic heterocycles. The van der Waals surface area contributed by atoms with E-state index in [2.05, 4.69) is 0 Å². The predicted octanol–water partition coefficient (Wildman–Crippen LogP) is -12.6. The Kier molecular flexibility index (Phi) is 41.4. The molecule has 0 aliphatic rings. The monoisotopic (exact) mass is 246 g/mol. The van der Waals surface area contributed by atoms with Gasteiger partial charge in [0.1, 0.15) is 0 Å². The van der Waals surface area contributed by atoms with Crippen LogP contribution in [-0.4, -0.2) is 14.7 Å². The summed E-state index contributed by atoms with van der Waals surface area (Å²) in [6.45, 7) is 0. The van der Waals surface area contributed by atoms with E-state index in [1.807, 2.05) is 0 Å². The summed E-state index contributed by atoms with van der Waals surface area (Å²) >= 11 is 0. The summed E-state index contributed by atoms with van der Waals surface area (Å²) in [6.07, 6.45) is 0. The zero-order chi connectivity index (χ0) is 8.08. The van der Waals surface area contributed by atoms with Crippen LogP contribution in [0.3, 0.4) is 0 Å². The summed E-state index contributed by atoms with van der Waals surface area (Å²) in [5.74, 6) is 0. The first-order chi connectivity index (χ1) is 3.73. The minimum absolute atomic E-state index is 0. The summed E-state index contributed by atoms with van der Waals surface area (Å²) in [4.78, 5) is 47.0. The largest absolute Gasteiger partial charge is 1.00 e. The average molecular weight is 246 g/mol. The molecule has 12 heteroatoms. The Hall–Kier alpha value is 3.42. The zero-order valence-electron chi connectivity index (χ0n) is 6.87. The molecule has 0 fully saturated rings. The minimum atomic E-state index is -4.64. The van der Waals surface area contributed by atoms with E-state index in [1.165, 1.54) is 0 Å². The van der Waals surface area contributed by atoms with Gasteiger partial charge < -0.3 is 38.0 Å². The molecule has 0 atom stereocenters. The van der Waals surface area contributed by atoms with Crippen molar-refractivity contribution in [2.24, 2.45) is 0 Å². The van der Waals surface area contributed by atoms with Crippen molar-refractivity contribution in [1.29, 1.82) is 0 Å². The Morgan fingerprint density at radius 3 is 0.917 bits per heavy atom. The SMILES string of the molecule is O=P(O)(O)O.[Na+].[Na+].[Na+].[O-]P([O-])[O-]. The van der Waals surface area contributed by atoms with Gasteiger partial charge >= 0.3 is 96.5 Å². The van der Waals surface area contributed by atoms with Crippen LogP contribution in [-0.2, 0) is 4.57 Å². The van der Waals surface area contributed by atoms with Crippen LogP contribution in [0.25, 0.3) is 0 Å². The van der Waals surface area contributed by atoms with Crippen LogP contribution >= 0.6 is 16.4 Å². The fourth-order valence-electron chi connectivity index (χ4n) is 0. The van der Waals surface area contributed by atoms with Gasteiger partial charge in [0.2, 0.25) is 0 Å². The molecule has 58 valence electrons. The van der Waals surface area contributed by atoms with Gasteiger partial charge in [-0.2, -0.15) is 0 Å². The Bertz CT molecular complexity index is 87.8. The fourth-order valence-corrected chi connectivity index (χ4v) is 0. The van der Waals surface area contributed by atoms with Crippen molar-refractivity contribution in [3.8, 4) is 0 Å². The van der Waals surface area contributed by atoms with Gasteiger partial charge in [-0.1, -0.05) is 0 Å². The van der Waals surface area contributed by atoms with Crippen molar-refractivity contribution in [2.75, 3.05) is 0 Å². The van der Waals surface area contributed by atoms with Crippen LogP contribution in [0.1, 0.15) is 0 Å². The zero-order valence-corrected chi connectivity index (χ0v) is 14.7. The molecule has 0 spiro atoms. The van der Waals surface area contributed by atoms with Crippen molar-refractivity contribution in [1.82, 2.24) is 0 Å². The molecular formula is H3Na3O7P2. The fraction of sp³-hybridized carbons (Fsp3) is 0. The third-order valence-electron chi connectivity index (χ3n) is 0. The van der Waals surface area contributed by atoms with Gasteiger partial charge in [-0.25, -0.2) is 4.57 Å². The normalized spacial score (nSPS) is 7.92. The van der Waals surface area contributed by atoms with Crippen LogP contribution in [0, 0.1) is 0 Å². The number of hydrogen-bond donors (Lipinski definition) is 3. The first kappa shape index (κ1) is 29.5. The van der Waals surface area contributed by atoms with E-state index >= 15 is 0 Å². The molecule has 0 amide bonds. The van der Waals surface area contributed by atoms with Crippen LogP contribution in [0.2, 0.25) is 0 Å². The molecule has 12 heavy (non-hydrogen) atoms. The Balaban J connectivity index is -0.0000000221.